The lowest BCUT2D eigenvalue weighted by atomic mass is 10.0. The zero-order chi connectivity index (χ0) is 18.0. The Kier molecular flexibility index (Phi) is 8.48. The summed E-state index contributed by atoms with van der Waals surface area (Å²) in [5, 5.41) is 8.72. The van der Waals surface area contributed by atoms with E-state index in [0.717, 1.165) is 0 Å². The van der Waals surface area contributed by atoms with Gasteiger partial charge < -0.3 is 9.84 Å². The van der Waals surface area contributed by atoms with Crippen LogP contribution in [0.4, 0.5) is 0 Å². The van der Waals surface area contributed by atoms with Gasteiger partial charge in [-0.1, -0.05) is 63.8 Å². The Morgan fingerprint density at radius 3 is 1.30 bits per heavy atom. The van der Waals surface area contributed by atoms with E-state index in [2.05, 4.69) is 39.5 Å². The fourth-order valence-electron chi connectivity index (χ4n) is 1.16. The molecule has 0 aromatic rings. The maximum Gasteiger partial charge on any atom is 0.335 e. The molecule has 0 aromatic heterocycles. The van der Waals surface area contributed by atoms with E-state index in [1.165, 1.54) is 13.2 Å². The molecule has 0 aliphatic heterocycles. The third-order valence-corrected chi connectivity index (χ3v) is 2.80. The molecule has 0 aliphatic carbocycles. The van der Waals surface area contributed by atoms with Crippen molar-refractivity contribution in [1.29, 1.82) is 0 Å². The van der Waals surface area contributed by atoms with Gasteiger partial charge in [0, 0.05) is 0 Å². The Morgan fingerprint density at radius 1 is 0.696 bits per heavy atom. The van der Waals surface area contributed by atoms with Crippen molar-refractivity contribution in [3.8, 4) is 0 Å². The SMILES string of the molecule is C=C(/C=C\C(=C)C(=C)/C=C\C(=C)C(=C)/C=C\C(=C)C(=O)O)OC. The number of carboxylic acid groups (broad SMARTS) is 1. The van der Waals surface area contributed by atoms with E-state index < -0.39 is 5.97 Å². The van der Waals surface area contributed by atoms with E-state index >= 15 is 0 Å². The lowest BCUT2D eigenvalue weighted by Crippen LogP contribution is -1.95. The van der Waals surface area contributed by atoms with E-state index in [9.17, 15) is 4.79 Å². The van der Waals surface area contributed by atoms with Crippen molar-refractivity contribution in [1.82, 2.24) is 0 Å². The molecular weight excluding hydrogens is 288 g/mol. The summed E-state index contributed by atoms with van der Waals surface area (Å²) < 4.78 is 4.92. The van der Waals surface area contributed by atoms with Crippen LogP contribution in [0.2, 0.25) is 0 Å². The minimum absolute atomic E-state index is 0.0239. The van der Waals surface area contributed by atoms with E-state index in [-0.39, 0.29) is 5.57 Å². The Bertz CT molecular complexity index is 652. The summed E-state index contributed by atoms with van der Waals surface area (Å²) in [5.74, 6) is -0.561. The van der Waals surface area contributed by atoms with Crippen molar-refractivity contribution < 1.29 is 14.6 Å². The first-order chi connectivity index (χ1) is 10.7. The van der Waals surface area contributed by atoms with Crippen molar-refractivity contribution in [2.24, 2.45) is 0 Å². The molecule has 0 atom stereocenters. The van der Waals surface area contributed by atoms with Gasteiger partial charge in [-0.25, -0.2) is 4.79 Å². The van der Waals surface area contributed by atoms with Crippen molar-refractivity contribution >= 4 is 5.97 Å². The van der Waals surface area contributed by atoms with Gasteiger partial charge in [0.1, 0.15) is 5.76 Å². The number of ether oxygens (including phenoxy) is 1. The predicted octanol–water partition coefficient (Wildman–Crippen LogP) is 4.68. The van der Waals surface area contributed by atoms with Gasteiger partial charge >= 0.3 is 5.97 Å². The zero-order valence-electron chi connectivity index (χ0n) is 13.5. The summed E-state index contributed by atoms with van der Waals surface area (Å²) in [7, 11) is 1.53. The largest absolute Gasteiger partial charge is 0.497 e. The molecule has 0 fully saturated rings. The van der Waals surface area contributed by atoms with E-state index in [0.29, 0.717) is 28.1 Å². The smallest absolute Gasteiger partial charge is 0.335 e. The van der Waals surface area contributed by atoms with Crippen LogP contribution in [0, 0.1) is 0 Å². The zero-order valence-corrected chi connectivity index (χ0v) is 13.5. The molecule has 120 valence electrons. The molecule has 0 saturated heterocycles. The van der Waals surface area contributed by atoms with Crippen LogP contribution in [0.25, 0.3) is 0 Å². The molecule has 0 spiro atoms. The van der Waals surface area contributed by atoms with Gasteiger partial charge in [-0.05, 0) is 34.4 Å². The predicted molar refractivity (Wildman–Crippen MR) is 96.9 cm³/mol. The van der Waals surface area contributed by atoms with E-state index in [1.54, 1.807) is 30.4 Å². The lowest BCUT2D eigenvalue weighted by molar-refractivity contribution is -0.132. The number of hydrogen-bond acceptors (Lipinski definition) is 2. The maximum atomic E-state index is 10.6. The van der Waals surface area contributed by atoms with Crippen LogP contribution < -0.4 is 0 Å². The highest BCUT2D eigenvalue weighted by molar-refractivity contribution is 5.89. The number of aliphatic carboxylic acids is 1. The molecule has 0 unspecified atom stereocenters. The monoisotopic (exact) mass is 310 g/mol. The maximum absolute atomic E-state index is 10.6. The normalized spacial score (nSPS) is 10.8. The van der Waals surface area contributed by atoms with Gasteiger partial charge in [0.2, 0.25) is 0 Å². The Hall–Kier alpha value is -3.07. The molecular formula is C20H22O3. The summed E-state index contributed by atoms with van der Waals surface area (Å²) >= 11 is 0. The summed E-state index contributed by atoms with van der Waals surface area (Å²) in [4.78, 5) is 10.6. The molecule has 0 radical (unpaired) electrons. The first-order valence-corrected chi connectivity index (χ1v) is 6.64. The fourth-order valence-corrected chi connectivity index (χ4v) is 1.16. The van der Waals surface area contributed by atoms with Crippen LogP contribution in [-0.2, 0) is 9.53 Å². The lowest BCUT2D eigenvalue weighted by Gasteiger charge is -2.02. The number of hydrogen-bond donors (Lipinski definition) is 1. The third-order valence-electron chi connectivity index (χ3n) is 2.80. The number of allylic oxidation sites excluding steroid dienone is 9. The van der Waals surface area contributed by atoms with E-state index in [4.69, 9.17) is 9.84 Å². The average Bonchev–Trinajstić information content (AvgIpc) is 2.53. The minimum Gasteiger partial charge on any atom is -0.497 e. The van der Waals surface area contributed by atoms with Gasteiger partial charge in [-0.2, -0.15) is 0 Å². The topological polar surface area (TPSA) is 46.5 Å². The molecule has 0 bridgehead atoms. The van der Waals surface area contributed by atoms with Gasteiger partial charge in [-0.15, -0.1) is 0 Å². The molecule has 23 heavy (non-hydrogen) atoms. The minimum atomic E-state index is -1.08. The van der Waals surface area contributed by atoms with Gasteiger partial charge in [0.05, 0.1) is 12.7 Å². The summed E-state index contributed by atoms with van der Waals surface area (Å²) in [6.07, 6.45) is 9.82. The molecule has 0 heterocycles. The first-order valence-electron chi connectivity index (χ1n) is 6.64. The Morgan fingerprint density at radius 2 is 1.00 bits per heavy atom. The Labute approximate surface area is 138 Å². The molecule has 0 aromatic carbocycles. The molecule has 0 saturated carbocycles. The average molecular weight is 310 g/mol. The molecule has 1 N–H and O–H groups in total. The quantitative estimate of drug-likeness (QED) is 0.362. The van der Waals surface area contributed by atoms with Gasteiger partial charge in [-0.3, -0.25) is 0 Å². The fraction of sp³-hybridized carbons (Fsp3) is 0.0500. The highest BCUT2D eigenvalue weighted by Crippen LogP contribution is 2.14. The standard InChI is InChI=1S/C20H22O3/c1-14(16(3)10-11-18(5)20(21)22)8-9-15(2)17(4)12-13-19(6)23-7/h8-13H,1-6H2,7H3,(H,21,22)/b9-8-,11-10-,13-12-. The van der Waals surface area contributed by atoms with Gasteiger partial charge in [0.15, 0.2) is 0 Å². The Balaban J connectivity index is 4.71. The third kappa shape index (κ3) is 8.07. The summed E-state index contributed by atoms with van der Waals surface area (Å²) in [6.45, 7) is 22.5. The second-order valence-corrected chi connectivity index (χ2v) is 4.60. The number of rotatable bonds is 10. The van der Waals surface area contributed by atoms with Crippen molar-refractivity contribution in [3.63, 3.8) is 0 Å². The van der Waals surface area contributed by atoms with Crippen molar-refractivity contribution in [3.05, 3.63) is 110 Å². The van der Waals surface area contributed by atoms with Crippen LogP contribution in [-0.4, -0.2) is 18.2 Å². The van der Waals surface area contributed by atoms with Crippen LogP contribution in [0.1, 0.15) is 0 Å². The number of methoxy groups -OCH3 is 1. The molecule has 0 aliphatic rings. The van der Waals surface area contributed by atoms with Crippen LogP contribution in [0.15, 0.2) is 110 Å². The first kappa shape index (κ1) is 19.9. The van der Waals surface area contributed by atoms with Crippen LogP contribution >= 0.6 is 0 Å². The molecule has 0 rings (SSSR count). The molecule has 3 nitrogen and oxygen atoms in total. The highest BCUT2D eigenvalue weighted by Gasteiger charge is 1.99. The van der Waals surface area contributed by atoms with E-state index in [1.807, 2.05) is 0 Å². The summed E-state index contributed by atoms with van der Waals surface area (Å²) in [5.41, 5.74) is 2.57. The van der Waals surface area contributed by atoms with Crippen molar-refractivity contribution in [2.75, 3.05) is 7.11 Å². The highest BCUT2D eigenvalue weighted by atomic mass is 16.5. The summed E-state index contributed by atoms with van der Waals surface area (Å²) in [6, 6.07) is 0. The van der Waals surface area contributed by atoms with Gasteiger partial charge in [0.25, 0.3) is 0 Å². The molecule has 0 amide bonds. The second-order valence-electron chi connectivity index (χ2n) is 4.60. The number of carboxylic acids is 1. The van der Waals surface area contributed by atoms with Crippen molar-refractivity contribution in [2.45, 2.75) is 0 Å². The second kappa shape index (κ2) is 9.79. The number of carbonyl (C=O) groups is 1. The van der Waals surface area contributed by atoms with Crippen LogP contribution in [0.5, 0.6) is 0 Å². The molecule has 3 heteroatoms. The van der Waals surface area contributed by atoms with Crippen LogP contribution in [0.3, 0.4) is 0 Å².